The molecule has 5 heteroatoms. The molecule has 0 spiro atoms. The molecule has 0 aliphatic rings. The van der Waals surface area contributed by atoms with Crippen LogP contribution in [-0.2, 0) is 0 Å². The number of ether oxygens (including phenoxy) is 1. The van der Waals surface area contributed by atoms with Gasteiger partial charge in [0, 0.05) is 5.69 Å². The molecule has 3 rings (SSSR count). The first-order chi connectivity index (χ1) is 11.6. The predicted octanol–water partition coefficient (Wildman–Crippen LogP) is 3.75. The number of aryl methyl sites for hydroxylation is 1. The predicted molar refractivity (Wildman–Crippen MR) is 94.0 cm³/mol. The molecule has 0 fully saturated rings. The lowest BCUT2D eigenvalue weighted by Gasteiger charge is -2.09. The normalized spacial score (nSPS) is 10.5. The number of amides is 1. The average Bonchev–Trinajstić information content (AvgIpc) is 3.04. The van der Waals surface area contributed by atoms with Crippen molar-refractivity contribution in [3.8, 4) is 11.4 Å². The molecule has 24 heavy (non-hydrogen) atoms. The Balaban J connectivity index is 1.92. The molecule has 1 heterocycles. The summed E-state index contributed by atoms with van der Waals surface area (Å²) in [6.07, 6.45) is 1.70. The molecular weight excluding hydrogens is 302 g/mol. The highest BCUT2D eigenvalue weighted by molar-refractivity contribution is 6.05. The van der Waals surface area contributed by atoms with Gasteiger partial charge in [-0.15, -0.1) is 0 Å². The molecule has 5 nitrogen and oxygen atoms in total. The number of benzene rings is 2. The van der Waals surface area contributed by atoms with Crippen molar-refractivity contribution in [2.75, 3.05) is 12.4 Å². The first-order valence-electron chi connectivity index (χ1n) is 7.67. The summed E-state index contributed by atoms with van der Waals surface area (Å²) < 4.78 is 6.95. The largest absolute Gasteiger partial charge is 0.493 e. The number of rotatable bonds is 4. The van der Waals surface area contributed by atoms with E-state index in [2.05, 4.69) is 10.4 Å². The Hall–Kier alpha value is -3.08. The van der Waals surface area contributed by atoms with Crippen LogP contribution in [0.1, 0.15) is 21.6 Å². The molecule has 0 atom stereocenters. The lowest BCUT2D eigenvalue weighted by atomic mass is 10.1. The molecule has 0 bridgehead atoms. The number of nitrogens with zero attached hydrogens (tertiary/aromatic N) is 2. The minimum Gasteiger partial charge on any atom is -0.493 e. The Kier molecular flexibility index (Phi) is 4.33. The second kappa shape index (κ2) is 6.58. The summed E-state index contributed by atoms with van der Waals surface area (Å²) in [4.78, 5) is 12.6. The highest BCUT2D eigenvalue weighted by atomic mass is 16.5. The van der Waals surface area contributed by atoms with Gasteiger partial charge in [-0.1, -0.05) is 30.3 Å². The van der Waals surface area contributed by atoms with Crippen LogP contribution < -0.4 is 10.1 Å². The molecule has 1 amide bonds. The second-order valence-corrected chi connectivity index (χ2v) is 5.53. The maximum Gasteiger partial charge on any atom is 0.280 e. The van der Waals surface area contributed by atoms with Gasteiger partial charge in [0.25, 0.3) is 5.91 Å². The van der Waals surface area contributed by atoms with Crippen LogP contribution in [0.4, 0.5) is 5.69 Å². The van der Waals surface area contributed by atoms with Crippen LogP contribution in [0, 0.1) is 13.8 Å². The van der Waals surface area contributed by atoms with Crippen molar-refractivity contribution in [3.63, 3.8) is 0 Å². The summed E-state index contributed by atoms with van der Waals surface area (Å²) in [5, 5.41) is 7.29. The van der Waals surface area contributed by atoms with Gasteiger partial charge in [0.2, 0.25) is 0 Å². The van der Waals surface area contributed by atoms with Crippen molar-refractivity contribution >= 4 is 11.6 Å². The number of nitrogens with one attached hydrogen (secondary N) is 1. The van der Waals surface area contributed by atoms with Crippen LogP contribution in [0.15, 0.2) is 54.7 Å². The molecule has 3 aromatic rings. The molecule has 0 aliphatic heterocycles. The van der Waals surface area contributed by atoms with Crippen molar-refractivity contribution in [1.82, 2.24) is 9.78 Å². The van der Waals surface area contributed by atoms with E-state index in [4.69, 9.17) is 4.74 Å². The molecule has 0 aliphatic carbocycles. The van der Waals surface area contributed by atoms with Gasteiger partial charge in [-0.05, 0) is 43.2 Å². The Morgan fingerprint density at radius 1 is 1.08 bits per heavy atom. The first kappa shape index (κ1) is 15.8. The van der Waals surface area contributed by atoms with Crippen molar-refractivity contribution in [1.29, 1.82) is 0 Å². The standard InChI is InChI=1S/C19H19N3O2/c1-13-8-7-11-16(14(13)2)20-19(23)18-17(24-3)12-22(21-18)15-9-5-4-6-10-15/h4-12H,1-3H3,(H,20,23). The fourth-order valence-electron chi connectivity index (χ4n) is 2.45. The number of para-hydroxylation sites is 1. The number of hydrogen-bond donors (Lipinski definition) is 1. The monoisotopic (exact) mass is 321 g/mol. The fourth-order valence-corrected chi connectivity index (χ4v) is 2.45. The van der Waals surface area contributed by atoms with Crippen molar-refractivity contribution < 1.29 is 9.53 Å². The van der Waals surface area contributed by atoms with Gasteiger partial charge in [-0.25, -0.2) is 4.68 Å². The Labute approximate surface area is 140 Å². The van der Waals surface area contributed by atoms with E-state index < -0.39 is 0 Å². The summed E-state index contributed by atoms with van der Waals surface area (Å²) in [6.45, 7) is 3.99. The summed E-state index contributed by atoms with van der Waals surface area (Å²) in [6, 6.07) is 15.4. The third-order valence-electron chi connectivity index (χ3n) is 3.99. The van der Waals surface area contributed by atoms with Gasteiger partial charge < -0.3 is 10.1 Å². The molecule has 0 saturated heterocycles. The smallest absolute Gasteiger partial charge is 0.280 e. The van der Waals surface area contributed by atoms with Crippen molar-refractivity contribution in [2.45, 2.75) is 13.8 Å². The van der Waals surface area contributed by atoms with E-state index >= 15 is 0 Å². The SMILES string of the molecule is COc1cn(-c2ccccc2)nc1C(=O)Nc1cccc(C)c1C. The molecule has 0 radical (unpaired) electrons. The minimum absolute atomic E-state index is 0.252. The maximum absolute atomic E-state index is 12.6. The van der Waals surface area contributed by atoms with Crippen LogP contribution in [0.25, 0.3) is 5.69 Å². The summed E-state index contributed by atoms with van der Waals surface area (Å²) in [5.74, 6) is 0.136. The zero-order valence-electron chi connectivity index (χ0n) is 13.9. The number of methoxy groups -OCH3 is 1. The Morgan fingerprint density at radius 3 is 2.54 bits per heavy atom. The van der Waals surface area contributed by atoms with Gasteiger partial charge >= 0.3 is 0 Å². The van der Waals surface area contributed by atoms with Crippen LogP contribution in [0.3, 0.4) is 0 Å². The van der Waals surface area contributed by atoms with Gasteiger partial charge in [0.05, 0.1) is 19.0 Å². The lowest BCUT2D eigenvalue weighted by molar-refractivity contribution is 0.101. The van der Waals surface area contributed by atoms with E-state index in [-0.39, 0.29) is 11.6 Å². The van der Waals surface area contributed by atoms with Crippen LogP contribution in [-0.4, -0.2) is 22.8 Å². The number of anilines is 1. The minimum atomic E-state index is -0.296. The third kappa shape index (κ3) is 3.01. The first-order valence-corrected chi connectivity index (χ1v) is 7.67. The van der Waals surface area contributed by atoms with E-state index in [1.807, 2.05) is 62.4 Å². The lowest BCUT2D eigenvalue weighted by Crippen LogP contribution is -2.15. The Morgan fingerprint density at radius 2 is 1.83 bits per heavy atom. The highest BCUT2D eigenvalue weighted by Crippen LogP contribution is 2.23. The van der Waals surface area contributed by atoms with Gasteiger partial charge in [0.15, 0.2) is 11.4 Å². The van der Waals surface area contributed by atoms with E-state index in [0.29, 0.717) is 5.75 Å². The van der Waals surface area contributed by atoms with Gasteiger partial charge in [0.1, 0.15) is 0 Å². The van der Waals surface area contributed by atoms with Crippen molar-refractivity contribution in [2.24, 2.45) is 0 Å². The van der Waals surface area contributed by atoms with E-state index in [9.17, 15) is 4.79 Å². The summed E-state index contributed by atoms with van der Waals surface area (Å²) in [5.41, 5.74) is 4.04. The van der Waals surface area contributed by atoms with Crippen LogP contribution in [0.2, 0.25) is 0 Å². The second-order valence-electron chi connectivity index (χ2n) is 5.53. The van der Waals surface area contributed by atoms with Gasteiger partial charge in [-0.3, -0.25) is 4.79 Å². The molecule has 1 aromatic heterocycles. The zero-order chi connectivity index (χ0) is 17.1. The molecule has 2 aromatic carbocycles. The number of aromatic nitrogens is 2. The average molecular weight is 321 g/mol. The molecule has 0 unspecified atom stereocenters. The van der Waals surface area contributed by atoms with E-state index in [0.717, 1.165) is 22.5 Å². The third-order valence-corrected chi connectivity index (χ3v) is 3.99. The maximum atomic E-state index is 12.6. The highest BCUT2D eigenvalue weighted by Gasteiger charge is 2.19. The number of hydrogen-bond acceptors (Lipinski definition) is 3. The molecular formula is C19H19N3O2. The number of carbonyl (C=O) groups excluding carboxylic acids is 1. The van der Waals surface area contributed by atoms with Crippen molar-refractivity contribution in [3.05, 3.63) is 71.5 Å². The van der Waals surface area contributed by atoms with E-state index in [1.54, 1.807) is 10.9 Å². The summed E-state index contributed by atoms with van der Waals surface area (Å²) in [7, 11) is 1.53. The quantitative estimate of drug-likeness (QED) is 0.796. The Bertz CT molecular complexity index is 870. The van der Waals surface area contributed by atoms with Crippen LogP contribution >= 0.6 is 0 Å². The molecule has 1 N–H and O–H groups in total. The fraction of sp³-hybridized carbons (Fsp3) is 0.158. The topological polar surface area (TPSA) is 56.2 Å². The number of carbonyl (C=O) groups is 1. The van der Waals surface area contributed by atoms with E-state index in [1.165, 1.54) is 7.11 Å². The zero-order valence-corrected chi connectivity index (χ0v) is 13.9. The van der Waals surface area contributed by atoms with Gasteiger partial charge in [-0.2, -0.15) is 5.10 Å². The molecule has 122 valence electrons. The molecule has 0 saturated carbocycles. The summed E-state index contributed by atoms with van der Waals surface area (Å²) >= 11 is 0. The van der Waals surface area contributed by atoms with Crippen LogP contribution in [0.5, 0.6) is 5.75 Å².